The highest BCUT2D eigenvalue weighted by Crippen LogP contribution is 2.70. The van der Waals surface area contributed by atoms with Crippen LogP contribution in [-0.4, -0.2) is 22.3 Å². The molecule has 1 spiro atoms. The minimum atomic E-state index is -0.784. The fourth-order valence-electron chi connectivity index (χ4n) is 5.22. The number of allylic oxidation sites excluding steroid dienone is 1. The first-order valence-corrected chi connectivity index (χ1v) is 6.91. The summed E-state index contributed by atoms with van der Waals surface area (Å²) in [5, 5.41) is 19.6. The van der Waals surface area contributed by atoms with Crippen LogP contribution in [0.15, 0.2) is 11.6 Å². The summed E-state index contributed by atoms with van der Waals surface area (Å²) in [7, 11) is 0. The van der Waals surface area contributed by atoms with Crippen LogP contribution < -0.4 is 0 Å². The lowest BCUT2D eigenvalue weighted by Gasteiger charge is -2.36. The largest absolute Gasteiger partial charge is 0.478 e. The summed E-state index contributed by atoms with van der Waals surface area (Å²) in [6, 6.07) is 0. The van der Waals surface area contributed by atoms with Gasteiger partial charge in [0.1, 0.15) is 0 Å². The van der Waals surface area contributed by atoms with E-state index in [0.29, 0.717) is 17.9 Å². The molecule has 100 valence electrons. The van der Waals surface area contributed by atoms with Gasteiger partial charge in [-0.1, -0.05) is 26.8 Å². The number of hydrogen-bond acceptors (Lipinski definition) is 2. The quantitative estimate of drug-likeness (QED) is 0.751. The van der Waals surface area contributed by atoms with Crippen LogP contribution in [0.25, 0.3) is 0 Å². The third-order valence-electron chi connectivity index (χ3n) is 5.80. The molecule has 3 rings (SSSR count). The van der Waals surface area contributed by atoms with Gasteiger partial charge in [0.2, 0.25) is 0 Å². The van der Waals surface area contributed by atoms with Crippen LogP contribution in [0, 0.1) is 28.6 Å². The Labute approximate surface area is 108 Å². The highest BCUT2D eigenvalue weighted by Gasteiger charge is 2.65. The van der Waals surface area contributed by atoms with Gasteiger partial charge in [-0.15, -0.1) is 0 Å². The molecule has 3 heteroatoms. The van der Waals surface area contributed by atoms with Gasteiger partial charge in [0.15, 0.2) is 0 Å². The number of carboxylic acids is 1. The van der Waals surface area contributed by atoms with Gasteiger partial charge in [-0.25, -0.2) is 4.79 Å². The molecule has 5 atom stereocenters. The van der Waals surface area contributed by atoms with Crippen molar-refractivity contribution in [3.05, 3.63) is 11.6 Å². The Balaban J connectivity index is 2.08. The second kappa shape index (κ2) is 3.38. The smallest absolute Gasteiger partial charge is 0.331 e. The summed E-state index contributed by atoms with van der Waals surface area (Å²) in [4.78, 5) is 11.4. The van der Waals surface area contributed by atoms with Gasteiger partial charge >= 0.3 is 5.97 Å². The number of aliphatic hydroxyl groups is 1. The summed E-state index contributed by atoms with van der Waals surface area (Å²) in [5.74, 6) is -0.169. The summed E-state index contributed by atoms with van der Waals surface area (Å²) in [6.45, 7) is 6.64. The first kappa shape index (κ1) is 12.2. The van der Waals surface area contributed by atoms with Crippen molar-refractivity contribution in [2.24, 2.45) is 28.6 Å². The Morgan fingerprint density at radius 3 is 2.72 bits per heavy atom. The summed E-state index contributed by atoms with van der Waals surface area (Å²) < 4.78 is 0. The molecule has 3 aliphatic carbocycles. The minimum absolute atomic E-state index is 0.0106. The topological polar surface area (TPSA) is 57.5 Å². The van der Waals surface area contributed by atoms with E-state index < -0.39 is 5.97 Å². The number of carboxylic acid groups (broad SMARTS) is 1. The lowest BCUT2D eigenvalue weighted by atomic mass is 9.67. The molecular formula is C15H22O3. The predicted molar refractivity (Wildman–Crippen MR) is 67.9 cm³/mol. The number of carbonyl (C=O) groups is 1. The molecule has 0 heterocycles. The van der Waals surface area contributed by atoms with Crippen molar-refractivity contribution in [3.63, 3.8) is 0 Å². The number of aliphatic carboxylic acids is 1. The maximum absolute atomic E-state index is 11.4. The Morgan fingerprint density at radius 2 is 2.11 bits per heavy atom. The monoisotopic (exact) mass is 250 g/mol. The van der Waals surface area contributed by atoms with Gasteiger partial charge in [0.05, 0.1) is 6.10 Å². The van der Waals surface area contributed by atoms with Crippen molar-refractivity contribution < 1.29 is 15.0 Å². The van der Waals surface area contributed by atoms with E-state index in [9.17, 15) is 15.0 Å². The van der Waals surface area contributed by atoms with E-state index in [1.54, 1.807) is 0 Å². The second-order valence-corrected chi connectivity index (χ2v) is 7.34. The SMILES string of the molecule is CC1C(O)CC2C(C(=O)O)=CC3CC(C)(C)CC321. The van der Waals surface area contributed by atoms with Crippen LogP contribution in [0.2, 0.25) is 0 Å². The average molecular weight is 250 g/mol. The lowest BCUT2D eigenvalue weighted by Crippen LogP contribution is -2.34. The van der Waals surface area contributed by atoms with Crippen molar-refractivity contribution in [3.8, 4) is 0 Å². The maximum Gasteiger partial charge on any atom is 0.331 e. The van der Waals surface area contributed by atoms with Crippen LogP contribution in [-0.2, 0) is 4.79 Å². The van der Waals surface area contributed by atoms with Crippen LogP contribution in [0.4, 0.5) is 0 Å². The fraction of sp³-hybridized carbons (Fsp3) is 0.800. The van der Waals surface area contributed by atoms with Crippen LogP contribution in [0.3, 0.4) is 0 Å². The average Bonchev–Trinajstić information content (AvgIpc) is 2.74. The summed E-state index contributed by atoms with van der Waals surface area (Å²) in [5.41, 5.74) is 0.845. The molecule has 3 nitrogen and oxygen atoms in total. The summed E-state index contributed by atoms with van der Waals surface area (Å²) in [6.07, 6.45) is 4.39. The first-order valence-electron chi connectivity index (χ1n) is 6.91. The van der Waals surface area contributed by atoms with E-state index in [4.69, 9.17) is 0 Å². The zero-order chi connectivity index (χ0) is 13.3. The third-order valence-corrected chi connectivity index (χ3v) is 5.80. The normalized spacial score (nSPS) is 48.8. The zero-order valence-electron chi connectivity index (χ0n) is 11.3. The van der Waals surface area contributed by atoms with Gasteiger partial charge in [0, 0.05) is 5.57 Å². The molecule has 18 heavy (non-hydrogen) atoms. The highest BCUT2D eigenvalue weighted by atomic mass is 16.4. The van der Waals surface area contributed by atoms with Gasteiger partial charge in [-0.3, -0.25) is 0 Å². The molecule has 0 aromatic heterocycles. The Kier molecular flexibility index (Phi) is 2.30. The van der Waals surface area contributed by atoms with E-state index >= 15 is 0 Å². The molecule has 0 bridgehead atoms. The zero-order valence-corrected chi connectivity index (χ0v) is 11.3. The van der Waals surface area contributed by atoms with Crippen molar-refractivity contribution in [1.82, 2.24) is 0 Å². The van der Waals surface area contributed by atoms with E-state index in [1.165, 1.54) is 0 Å². The Morgan fingerprint density at radius 1 is 1.44 bits per heavy atom. The molecule has 3 aliphatic rings. The van der Waals surface area contributed by atoms with Gasteiger partial charge in [-0.05, 0) is 47.8 Å². The molecular weight excluding hydrogens is 228 g/mol. The second-order valence-electron chi connectivity index (χ2n) is 7.34. The predicted octanol–water partition coefficient (Wildman–Crippen LogP) is 2.45. The molecule has 0 aliphatic heterocycles. The van der Waals surface area contributed by atoms with Gasteiger partial charge in [0.25, 0.3) is 0 Å². The first-order chi connectivity index (χ1) is 8.28. The number of hydrogen-bond donors (Lipinski definition) is 2. The minimum Gasteiger partial charge on any atom is -0.478 e. The molecule has 0 radical (unpaired) electrons. The standard InChI is InChI=1S/C15H22O3/c1-8-12(16)5-11-10(13(17)18)4-9-6-14(2,3)7-15(8,9)11/h4,8-9,11-12,16H,5-7H2,1-3H3,(H,17,18). The molecule has 0 amide bonds. The Hall–Kier alpha value is -0.830. The number of rotatable bonds is 1. The number of aliphatic hydroxyl groups excluding tert-OH is 1. The Bertz CT molecular complexity index is 437. The maximum atomic E-state index is 11.4. The van der Waals surface area contributed by atoms with Crippen molar-refractivity contribution in [2.75, 3.05) is 0 Å². The summed E-state index contributed by atoms with van der Waals surface area (Å²) >= 11 is 0. The van der Waals surface area contributed by atoms with E-state index in [2.05, 4.69) is 20.8 Å². The molecule has 0 aromatic rings. The molecule has 5 unspecified atom stereocenters. The fourth-order valence-corrected chi connectivity index (χ4v) is 5.22. The van der Waals surface area contributed by atoms with E-state index in [0.717, 1.165) is 12.8 Å². The molecule has 0 saturated heterocycles. The van der Waals surface area contributed by atoms with Crippen molar-refractivity contribution >= 4 is 5.97 Å². The lowest BCUT2D eigenvalue weighted by molar-refractivity contribution is -0.133. The molecule has 2 fully saturated rings. The van der Waals surface area contributed by atoms with E-state index in [1.807, 2.05) is 6.08 Å². The van der Waals surface area contributed by atoms with Crippen LogP contribution in [0.5, 0.6) is 0 Å². The van der Waals surface area contributed by atoms with Crippen molar-refractivity contribution in [2.45, 2.75) is 46.1 Å². The van der Waals surface area contributed by atoms with Crippen molar-refractivity contribution in [1.29, 1.82) is 0 Å². The van der Waals surface area contributed by atoms with Gasteiger partial charge in [-0.2, -0.15) is 0 Å². The molecule has 0 aromatic carbocycles. The molecule has 2 saturated carbocycles. The van der Waals surface area contributed by atoms with Crippen LogP contribution >= 0.6 is 0 Å². The molecule has 2 N–H and O–H groups in total. The van der Waals surface area contributed by atoms with Crippen LogP contribution in [0.1, 0.15) is 40.0 Å². The highest BCUT2D eigenvalue weighted by molar-refractivity contribution is 5.88. The van der Waals surface area contributed by atoms with Gasteiger partial charge < -0.3 is 10.2 Å². The van der Waals surface area contributed by atoms with E-state index in [-0.39, 0.29) is 28.8 Å². The third kappa shape index (κ3) is 1.31.